The van der Waals surface area contributed by atoms with Crippen LogP contribution in [0.4, 0.5) is 11.4 Å². The van der Waals surface area contributed by atoms with Crippen molar-refractivity contribution < 1.29 is 4.92 Å². The van der Waals surface area contributed by atoms with Crippen LogP contribution in [0.5, 0.6) is 0 Å². The predicted molar refractivity (Wildman–Crippen MR) is 58.5 cm³/mol. The van der Waals surface area contributed by atoms with Crippen molar-refractivity contribution in [2.75, 3.05) is 5.73 Å². The topological polar surface area (TPSA) is 94.9 Å². The van der Waals surface area contributed by atoms with Crippen LogP contribution in [0.1, 0.15) is 0 Å². The quantitative estimate of drug-likeness (QED) is 0.608. The Balaban J connectivity index is 2.55. The molecule has 2 rings (SSSR count). The number of rotatable bonds is 2. The average molecular weight is 216 g/mol. The molecule has 6 heteroatoms. The van der Waals surface area contributed by atoms with Crippen molar-refractivity contribution in [1.82, 2.24) is 9.97 Å². The summed E-state index contributed by atoms with van der Waals surface area (Å²) < 4.78 is 0. The number of nitrogens with two attached hydrogens (primary N) is 1. The van der Waals surface area contributed by atoms with E-state index in [0.29, 0.717) is 17.1 Å². The van der Waals surface area contributed by atoms with Crippen LogP contribution in [0.25, 0.3) is 11.4 Å². The highest BCUT2D eigenvalue weighted by molar-refractivity contribution is 5.67. The molecule has 1 aromatic heterocycles. The fourth-order valence-electron chi connectivity index (χ4n) is 1.30. The lowest BCUT2D eigenvalue weighted by atomic mass is 10.1. The monoisotopic (exact) mass is 216 g/mol. The molecule has 2 aromatic rings. The van der Waals surface area contributed by atoms with Crippen molar-refractivity contribution in [3.05, 3.63) is 46.8 Å². The van der Waals surface area contributed by atoms with E-state index in [-0.39, 0.29) is 5.69 Å². The van der Waals surface area contributed by atoms with Crippen LogP contribution in [0.2, 0.25) is 0 Å². The fraction of sp³-hybridized carbons (Fsp3) is 0. The van der Waals surface area contributed by atoms with Gasteiger partial charge in [-0.15, -0.1) is 0 Å². The minimum absolute atomic E-state index is 0.0210. The van der Waals surface area contributed by atoms with Gasteiger partial charge in [-0.05, 0) is 6.07 Å². The molecule has 0 saturated heterocycles. The number of hydrogen-bond donors (Lipinski definition) is 1. The van der Waals surface area contributed by atoms with Crippen LogP contribution in [-0.4, -0.2) is 14.9 Å². The third-order valence-corrected chi connectivity index (χ3v) is 2.01. The van der Waals surface area contributed by atoms with Crippen LogP contribution >= 0.6 is 0 Å². The van der Waals surface area contributed by atoms with Gasteiger partial charge in [-0.3, -0.25) is 10.1 Å². The molecule has 1 aromatic carbocycles. The summed E-state index contributed by atoms with van der Waals surface area (Å²) in [7, 11) is 0. The maximum Gasteiger partial charge on any atom is 0.280 e. The summed E-state index contributed by atoms with van der Waals surface area (Å²) in [4.78, 5) is 18.2. The SMILES string of the molecule is Nc1cnc(-c2ccccc2[N+](=O)[O-])nc1. The summed E-state index contributed by atoms with van der Waals surface area (Å²) in [6, 6.07) is 6.31. The van der Waals surface area contributed by atoms with Gasteiger partial charge in [0.1, 0.15) is 0 Å². The molecule has 0 bridgehead atoms. The Morgan fingerprint density at radius 3 is 2.44 bits per heavy atom. The first-order chi connectivity index (χ1) is 7.68. The third-order valence-electron chi connectivity index (χ3n) is 2.01. The number of aromatic nitrogens is 2. The van der Waals surface area contributed by atoms with Crippen LogP contribution in [0, 0.1) is 10.1 Å². The van der Waals surface area contributed by atoms with Crippen molar-refractivity contribution in [2.45, 2.75) is 0 Å². The van der Waals surface area contributed by atoms with Gasteiger partial charge in [0.2, 0.25) is 0 Å². The zero-order valence-corrected chi connectivity index (χ0v) is 8.20. The number of anilines is 1. The van der Waals surface area contributed by atoms with Gasteiger partial charge >= 0.3 is 0 Å². The number of hydrogen-bond acceptors (Lipinski definition) is 5. The summed E-state index contributed by atoms with van der Waals surface area (Å²) in [6.07, 6.45) is 2.83. The first-order valence-corrected chi connectivity index (χ1v) is 4.50. The number of nitro groups is 1. The highest BCUT2D eigenvalue weighted by Gasteiger charge is 2.15. The second kappa shape index (κ2) is 3.93. The van der Waals surface area contributed by atoms with E-state index >= 15 is 0 Å². The molecule has 80 valence electrons. The van der Waals surface area contributed by atoms with E-state index in [2.05, 4.69) is 9.97 Å². The molecule has 2 N–H and O–H groups in total. The maximum atomic E-state index is 10.8. The summed E-state index contributed by atoms with van der Waals surface area (Å²) in [5.74, 6) is 0.293. The van der Waals surface area contributed by atoms with Gasteiger partial charge in [0.25, 0.3) is 5.69 Å². The van der Waals surface area contributed by atoms with Crippen molar-refractivity contribution in [2.24, 2.45) is 0 Å². The van der Waals surface area contributed by atoms with Crippen LogP contribution < -0.4 is 5.73 Å². The summed E-state index contributed by atoms with van der Waals surface area (Å²) in [5.41, 5.74) is 6.22. The first kappa shape index (κ1) is 10.0. The number of para-hydroxylation sites is 1. The molecule has 6 nitrogen and oxygen atoms in total. The molecule has 0 unspecified atom stereocenters. The fourth-order valence-corrected chi connectivity index (χ4v) is 1.30. The second-order valence-electron chi connectivity index (χ2n) is 3.11. The maximum absolute atomic E-state index is 10.8. The number of nitrogen functional groups attached to an aromatic ring is 1. The largest absolute Gasteiger partial charge is 0.396 e. The molecule has 0 spiro atoms. The number of nitro benzene ring substituents is 1. The lowest BCUT2D eigenvalue weighted by Gasteiger charge is -2.01. The lowest BCUT2D eigenvalue weighted by molar-refractivity contribution is -0.384. The molecule has 0 aliphatic carbocycles. The number of benzene rings is 1. The van der Waals surface area contributed by atoms with E-state index in [9.17, 15) is 10.1 Å². The minimum atomic E-state index is -0.463. The molecule has 16 heavy (non-hydrogen) atoms. The molecule has 0 aliphatic rings. The Morgan fingerprint density at radius 2 is 1.81 bits per heavy atom. The predicted octanol–water partition coefficient (Wildman–Crippen LogP) is 1.63. The van der Waals surface area contributed by atoms with Gasteiger partial charge in [-0.2, -0.15) is 0 Å². The van der Waals surface area contributed by atoms with E-state index < -0.39 is 4.92 Å². The molecular weight excluding hydrogens is 208 g/mol. The van der Waals surface area contributed by atoms with Gasteiger partial charge in [0.05, 0.1) is 28.6 Å². The molecular formula is C10H8N4O2. The van der Waals surface area contributed by atoms with E-state index in [1.807, 2.05) is 0 Å². The van der Waals surface area contributed by atoms with Crippen molar-refractivity contribution in [3.63, 3.8) is 0 Å². The average Bonchev–Trinajstić information content (AvgIpc) is 2.30. The third kappa shape index (κ3) is 1.81. The standard InChI is InChI=1S/C10H8N4O2/c11-7-5-12-10(13-6-7)8-3-1-2-4-9(8)14(15)16/h1-6H,11H2. The minimum Gasteiger partial charge on any atom is -0.396 e. The van der Waals surface area contributed by atoms with Gasteiger partial charge in [0, 0.05) is 6.07 Å². The van der Waals surface area contributed by atoms with Crippen LogP contribution in [0.15, 0.2) is 36.7 Å². The Labute approximate surface area is 90.9 Å². The van der Waals surface area contributed by atoms with Crippen LogP contribution in [-0.2, 0) is 0 Å². The van der Waals surface area contributed by atoms with E-state index in [0.717, 1.165) is 0 Å². The highest BCUT2D eigenvalue weighted by Crippen LogP contribution is 2.26. The first-order valence-electron chi connectivity index (χ1n) is 4.50. The molecule has 0 saturated carbocycles. The van der Waals surface area contributed by atoms with E-state index in [1.165, 1.54) is 18.5 Å². The van der Waals surface area contributed by atoms with Gasteiger partial charge in [0.15, 0.2) is 5.82 Å². The lowest BCUT2D eigenvalue weighted by Crippen LogP contribution is -1.96. The van der Waals surface area contributed by atoms with E-state index in [4.69, 9.17) is 5.73 Å². The summed E-state index contributed by atoms with van der Waals surface area (Å²) >= 11 is 0. The Hall–Kier alpha value is -2.50. The summed E-state index contributed by atoms with van der Waals surface area (Å²) in [6.45, 7) is 0. The Bertz CT molecular complexity index is 525. The van der Waals surface area contributed by atoms with Gasteiger partial charge in [-0.25, -0.2) is 9.97 Å². The van der Waals surface area contributed by atoms with E-state index in [1.54, 1.807) is 18.2 Å². The summed E-state index contributed by atoms with van der Waals surface area (Å²) in [5, 5.41) is 10.8. The Kier molecular flexibility index (Phi) is 2.47. The van der Waals surface area contributed by atoms with Crippen molar-refractivity contribution >= 4 is 11.4 Å². The number of nitrogens with zero attached hydrogens (tertiary/aromatic N) is 3. The molecule has 0 aliphatic heterocycles. The van der Waals surface area contributed by atoms with Crippen molar-refractivity contribution in [1.29, 1.82) is 0 Å². The molecule has 0 atom stereocenters. The van der Waals surface area contributed by atoms with Crippen molar-refractivity contribution in [3.8, 4) is 11.4 Å². The molecule has 0 amide bonds. The normalized spacial score (nSPS) is 10.0. The zero-order chi connectivity index (χ0) is 11.5. The van der Waals surface area contributed by atoms with Crippen LogP contribution in [0.3, 0.4) is 0 Å². The molecule has 1 heterocycles. The Morgan fingerprint density at radius 1 is 1.19 bits per heavy atom. The smallest absolute Gasteiger partial charge is 0.280 e. The van der Waals surface area contributed by atoms with Gasteiger partial charge < -0.3 is 5.73 Å². The second-order valence-corrected chi connectivity index (χ2v) is 3.11. The molecule has 0 radical (unpaired) electrons. The van der Waals surface area contributed by atoms with Gasteiger partial charge in [-0.1, -0.05) is 12.1 Å². The zero-order valence-electron chi connectivity index (χ0n) is 8.20. The molecule has 0 fully saturated rings. The highest BCUT2D eigenvalue weighted by atomic mass is 16.6.